The highest BCUT2D eigenvalue weighted by Crippen LogP contribution is 2.28. The van der Waals surface area contributed by atoms with E-state index >= 15 is 0 Å². The molecule has 142 valence electrons. The maximum absolute atomic E-state index is 12.3. The number of carbonyl (C=O) groups is 2. The number of carbonyl (C=O) groups excluding carboxylic acids is 2. The highest BCUT2D eigenvalue weighted by molar-refractivity contribution is 5.96. The smallest absolute Gasteiger partial charge is 0.307 e. The number of ether oxygens (including phenoxy) is 1. The second-order valence-corrected chi connectivity index (χ2v) is 6.81. The van der Waals surface area contributed by atoms with Gasteiger partial charge in [-0.25, -0.2) is 9.97 Å². The first-order valence-electron chi connectivity index (χ1n) is 9.07. The molecule has 0 saturated carbocycles. The Kier molecular flexibility index (Phi) is 5.69. The van der Waals surface area contributed by atoms with Crippen LogP contribution in [0.15, 0.2) is 30.3 Å². The van der Waals surface area contributed by atoms with E-state index in [-0.39, 0.29) is 30.3 Å². The summed E-state index contributed by atoms with van der Waals surface area (Å²) in [7, 11) is 1.37. The molecule has 2 heterocycles. The molecule has 0 aliphatic carbocycles. The van der Waals surface area contributed by atoms with Crippen LogP contribution in [-0.2, 0) is 16.0 Å². The third-order valence-electron chi connectivity index (χ3n) is 4.53. The van der Waals surface area contributed by atoms with Crippen LogP contribution in [0, 0.1) is 0 Å². The molecule has 0 fully saturated rings. The zero-order valence-electron chi connectivity index (χ0n) is 15.8. The molecule has 1 aliphatic rings. The van der Waals surface area contributed by atoms with E-state index in [4.69, 9.17) is 4.74 Å². The predicted molar refractivity (Wildman–Crippen MR) is 102 cm³/mol. The average molecular weight is 368 g/mol. The van der Waals surface area contributed by atoms with Crippen LogP contribution in [0.25, 0.3) is 0 Å². The Morgan fingerprint density at radius 3 is 2.67 bits per heavy atom. The highest BCUT2D eigenvalue weighted by Gasteiger charge is 2.26. The van der Waals surface area contributed by atoms with Crippen molar-refractivity contribution >= 4 is 17.7 Å². The van der Waals surface area contributed by atoms with Crippen LogP contribution in [0.3, 0.4) is 0 Å². The summed E-state index contributed by atoms with van der Waals surface area (Å²) in [6, 6.07) is 9.34. The van der Waals surface area contributed by atoms with Gasteiger partial charge in [-0.2, -0.15) is 0 Å². The van der Waals surface area contributed by atoms with Gasteiger partial charge in [0.15, 0.2) is 0 Å². The van der Waals surface area contributed by atoms with Crippen molar-refractivity contribution in [2.45, 2.75) is 38.6 Å². The van der Waals surface area contributed by atoms with Crippen LogP contribution in [0.4, 0.5) is 5.82 Å². The van der Waals surface area contributed by atoms with E-state index in [0.29, 0.717) is 30.3 Å². The van der Waals surface area contributed by atoms with E-state index < -0.39 is 0 Å². The van der Waals surface area contributed by atoms with Gasteiger partial charge in [-0.3, -0.25) is 9.59 Å². The Morgan fingerprint density at radius 1 is 1.26 bits per heavy atom. The van der Waals surface area contributed by atoms with Gasteiger partial charge in [0, 0.05) is 18.0 Å². The molecule has 0 radical (unpaired) electrons. The van der Waals surface area contributed by atoms with Gasteiger partial charge in [-0.15, -0.1) is 0 Å². The summed E-state index contributed by atoms with van der Waals surface area (Å²) in [6.07, 6.45) is 0.796. The van der Waals surface area contributed by atoms with Gasteiger partial charge in [0.2, 0.25) is 0 Å². The Hall–Kier alpha value is -2.96. The zero-order chi connectivity index (χ0) is 19.4. The number of methoxy groups -OCH3 is 1. The van der Waals surface area contributed by atoms with E-state index in [1.54, 1.807) is 0 Å². The second-order valence-electron chi connectivity index (χ2n) is 6.81. The van der Waals surface area contributed by atoms with Gasteiger partial charge >= 0.3 is 5.97 Å². The Balaban J connectivity index is 2.02. The van der Waals surface area contributed by atoms with Crippen molar-refractivity contribution < 1.29 is 14.3 Å². The lowest BCUT2D eigenvalue weighted by molar-refractivity contribution is -0.140. The molecular weight excluding hydrogens is 344 g/mol. The molecule has 3 rings (SSSR count). The predicted octanol–water partition coefficient (Wildman–Crippen LogP) is 2.60. The maximum atomic E-state index is 12.3. The van der Waals surface area contributed by atoms with Crippen molar-refractivity contribution in [2.24, 2.45) is 0 Å². The fourth-order valence-corrected chi connectivity index (χ4v) is 3.04. The first kappa shape index (κ1) is 18.8. The topological polar surface area (TPSA) is 93.2 Å². The highest BCUT2D eigenvalue weighted by atomic mass is 16.5. The SMILES string of the molecule is COC(=O)CC(Nc1nc(C(C)C)nc2c1CCNC2=O)c1ccccc1. The molecule has 1 aromatic carbocycles. The Morgan fingerprint density at radius 2 is 2.00 bits per heavy atom. The molecule has 0 saturated heterocycles. The zero-order valence-corrected chi connectivity index (χ0v) is 15.8. The Labute approximate surface area is 158 Å². The Bertz CT molecular complexity index is 837. The van der Waals surface area contributed by atoms with Crippen molar-refractivity contribution in [1.82, 2.24) is 15.3 Å². The molecule has 2 N–H and O–H groups in total. The van der Waals surface area contributed by atoms with Crippen molar-refractivity contribution in [3.63, 3.8) is 0 Å². The molecule has 0 spiro atoms. The third kappa shape index (κ3) is 4.24. The van der Waals surface area contributed by atoms with Crippen LogP contribution >= 0.6 is 0 Å². The van der Waals surface area contributed by atoms with Gasteiger partial charge < -0.3 is 15.4 Å². The molecule has 1 aromatic heterocycles. The quantitative estimate of drug-likeness (QED) is 0.762. The molecule has 7 heteroatoms. The van der Waals surface area contributed by atoms with Gasteiger partial charge in [-0.05, 0) is 12.0 Å². The third-order valence-corrected chi connectivity index (χ3v) is 4.53. The lowest BCUT2D eigenvalue weighted by Crippen LogP contribution is -2.34. The molecule has 1 aliphatic heterocycles. The number of esters is 1. The number of fused-ring (bicyclic) bond motifs is 1. The van der Waals surface area contributed by atoms with Gasteiger partial charge in [0.05, 0.1) is 19.6 Å². The lowest BCUT2D eigenvalue weighted by atomic mass is 10.0. The number of hydrogen-bond donors (Lipinski definition) is 2. The fraction of sp³-hybridized carbons (Fsp3) is 0.400. The molecule has 1 atom stereocenters. The first-order chi connectivity index (χ1) is 13.0. The molecule has 7 nitrogen and oxygen atoms in total. The van der Waals surface area contributed by atoms with Crippen LogP contribution in [0.2, 0.25) is 0 Å². The summed E-state index contributed by atoms with van der Waals surface area (Å²) in [5.41, 5.74) is 2.14. The van der Waals surface area contributed by atoms with Crippen molar-refractivity contribution in [2.75, 3.05) is 19.0 Å². The van der Waals surface area contributed by atoms with E-state index in [9.17, 15) is 9.59 Å². The maximum Gasteiger partial charge on any atom is 0.307 e. The summed E-state index contributed by atoms with van der Waals surface area (Å²) >= 11 is 0. The van der Waals surface area contributed by atoms with E-state index in [1.165, 1.54) is 7.11 Å². The number of amides is 1. The summed E-state index contributed by atoms with van der Waals surface area (Å²) in [5.74, 6) is 0.768. The standard InChI is InChI=1S/C20H24N4O3/c1-12(2)18-23-17-14(9-10-21-20(17)26)19(24-18)22-15(11-16(25)27-3)13-7-5-4-6-8-13/h4-8,12,15H,9-11H2,1-3H3,(H,21,26)(H,22,23,24). The van der Waals surface area contributed by atoms with E-state index in [0.717, 1.165) is 11.1 Å². The number of hydrogen-bond acceptors (Lipinski definition) is 6. The molecule has 1 unspecified atom stereocenters. The first-order valence-corrected chi connectivity index (χ1v) is 9.07. The van der Waals surface area contributed by atoms with Crippen LogP contribution in [0.5, 0.6) is 0 Å². The van der Waals surface area contributed by atoms with Gasteiger partial charge in [0.25, 0.3) is 5.91 Å². The lowest BCUT2D eigenvalue weighted by Gasteiger charge is -2.24. The van der Waals surface area contributed by atoms with Crippen LogP contribution in [0.1, 0.15) is 59.7 Å². The minimum Gasteiger partial charge on any atom is -0.469 e. The van der Waals surface area contributed by atoms with Crippen molar-refractivity contribution in [3.05, 3.63) is 53.0 Å². The molecule has 2 aromatic rings. The molecule has 0 bridgehead atoms. The number of nitrogens with one attached hydrogen (secondary N) is 2. The second kappa shape index (κ2) is 8.16. The molecular formula is C20H24N4O3. The number of aromatic nitrogens is 2. The average Bonchev–Trinajstić information content (AvgIpc) is 2.68. The monoisotopic (exact) mass is 368 g/mol. The van der Waals surface area contributed by atoms with Gasteiger partial charge in [0.1, 0.15) is 17.3 Å². The normalized spacial score (nSPS) is 14.3. The molecule has 27 heavy (non-hydrogen) atoms. The van der Waals surface area contributed by atoms with E-state index in [2.05, 4.69) is 20.6 Å². The fourth-order valence-electron chi connectivity index (χ4n) is 3.04. The number of rotatable bonds is 6. The van der Waals surface area contributed by atoms with Crippen molar-refractivity contribution in [1.29, 1.82) is 0 Å². The summed E-state index contributed by atoms with van der Waals surface area (Å²) in [6.45, 7) is 4.50. The van der Waals surface area contributed by atoms with Gasteiger partial charge in [-0.1, -0.05) is 44.2 Å². The van der Waals surface area contributed by atoms with Crippen LogP contribution in [-0.4, -0.2) is 35.5 Å². The van der Waals surface area contributed by atoms with Crippen LogP contribution < -0.4 is 10.6 Å². The summed E-state index contributed by atoms with van der Waals surface area (Å²) in [5, 5.41) is 6.20. The number of anilines is 1. The van der Waals surface area contributed by atoms with Crippen molar-refractivity contribution in [3.8, 4) is 0 Å². The van der Waals surface area contributed by atoms with E-state index in [1.807, 2.05) is 44.2 Å². The minimum atomic E-state index is -0.318. The largest absolute Gasteiger partial charge is 0.469 e. The molecule has 1 amide bonds. The summed E-state index contributed by atoms with van der Waals surface area (Å²) in [4.78, 5) is 33.4. The number of benzene rings is 1. The summed E-state index contributed by atoms with van der Waals surface area (Å²) < 4.78 is 4.86. The minimum absolute atomic E-state index is 0.0707. The number of nitrogens with zero attached hydrogens (tertiary/aromatic N) is 2.